The van der Waals surface area contributed by atoms with E-state index >= 15 is 0 Å². The monoisotopic (exact) mass is 237 g/mol. The fraction of sp³-hybridized carbons (Fsp3) is 0.125. The number of hydrogen-bond donors (Lipinski definition) is 0. The lowest BCUT2D eigenvalue weighted by Gasteiger charge is -2.07. The van der Waals surface area contributed by atoms with Crippen molar-refractivity contribution in [3.8, 4) is 5.75 Å². The zero-order valence-corrected chi connectivity index (χ0v) is 7.76. The Morgan fingerprint density at radius 1 is 1.33 bits per heavy atom. The van der Waals surface area contributed by atoms with Gasteiger partial charge in [0.25, 0.3) is 5.35 Å². The minimum Gasteiger partial charge on any atom is -0.428 e. The van der Waals surface area contributed by atoms with Crippen LogP contribution >= 0.6 is 11.6 Å². The van der Waals surface area contributed by atoms with Crippen molar-refractivity contribution in [1.82, 2.24) is 4.98 Å². The lowest BCUT2D eigenvalue weighted by molar-refractivity contribution is -0.274. The smallest absolute Gasteiger partial charge is 0.428 e. The molecule has 0 spiro atoms. The minimum atomic E-state index is -4.72. The van der Waals surface area contributed by atoms with E-state index in [0.717, 1.165) is 12.1 Å². The van der Waals surface area contributed by atoms with Crippen LogP contribution in [0.3, 0.4) is 0 Å². The molecule has 0 saturated heterocycles. The third-order valence-electron chi connectivity index (χ3n) is 1.57. The van der Waals surface area contributed by atoms with Crippen LogP contribution < -0.4 is 4.74 Å². The van der Waals surface area contributed by atoms with Crippen LogP contribution in [0.5, 0.6) is 5.75 Å². The van der Waals surface area contributed by atoms with Gasteiger partial charge in [-0.1, -0.05) is 0 Å². The maximum absolute atomic E-state index is 11.9. The number of rotatable bonds is 1. The van der Waals surface area contributed by atoms with E-state index in [-0.39, 0.29) is 16.6 Å². The molecule has 0 N–H and O–H groups in total. The zero-order chi connectivity index (χ0) is 11.1. The Balaban J connectivity index is 2.38. The molecule has 0 fully saturated rings. The van der Waals surface area contributed by atoms with E-state index < -0.39 is 6.36 Å². The Bertz CT molecular complexity index is 494. The molecule has 0 bridgehead atoms. The van der Waals surface area contributed by atoms with Crippen molar-refractivity contribution in [2.75, 3.05) is 0 Å². The fourth-order valence-corrected chi connectivity index (χ4v) is 1.25. The predicted molar refractivity (Wildman–Crippen MR) is 45.7 cm³/mol. The van der Waals surface area contributed by atoms with Gasteiger partial charge >= 0.3 is 6.36 Å². The molecule has 15 heavy (non-hydrogen) atoms. The number of nitrogens with zero attached hydrogens (tertiary/aromatic N) is 1. The lowest BCUT2D eigenvalue weighted by atomic mass is 10.3. The van der Waals surface area contributed by atoms with Gasteiger partial charge in [-0.2, -0.15) is 4.98 Å². The third-order valence-corrected chi connectivity index (χ3v) is 1.73. The highest BCUT2D eigenvalue weighted by atomic mass is 35.5. The highest BCUT2D eigenvalue weighted by molar-refractivity contribution is 6.28. The molecule has 0 amide bonds. The molecule has 7 heteroatoms. The Labute approximate surface area is 86.4 Å². The number of aromatic nitrogens is 1. The van der Waals surface area contributed by atoms with Crippen molar-refractivity contribution in [2.45, 2.75) is 6.36 Å². The van der Waals surface area contributed by atoms with Crippen molar-refractivity contribution < 1.29 is 22.3 Å². The van der Waals surface area contributed by atoms with Crippen LogP contribution in [0.2, 0.25) is 5.35 Å². The van der Waals surface area contributed by atoms with Crippen molar-refractivity contribution in [1.29, 1.82) is 0 Å². The van der Waals surface area contributed by atoms with Crippen LogP contribution in [0, 0.1) is 0 Å². The fourth-order valence-electron chi connectivity index (χ4n) is 1.08. The molecule has 1 heterocycles. The van der Waals surface area contributed by atoms with Gasteiger partial charge in [0.15, 0.2) is 5.58 Å². The lowest BCUT2D eigenvalue weighted by Crippen LogP contribution is -2.16. The van der Waals surface area contributed by atoms with Gasteiger partial charge in [-0.15, -0.1) is 13.2 Å². The summed E-state index contributed by atoms with van der Waals surface area (Å²) in [7, 11) is 0. The second-order valence-electron chi connectivity index (χ2n) is 2.64. The molecular weight excluding hydrogens is 235 g/mol. The van der Waals surface area contributed by atoms with Crippen molar-refractivity contribution >= 4 is 22.7 Å². The highest BCUT2D eigenvalue weighted by Crippen LogP contribution is 2.27. The van der Waals surface area contributed by atoms with Crippen LogP contribution in [-0.4, -0.2) is 11.3 Å². The third kappa shape index (κ3) is 2.33. The summed E-state index contributed by atoms with van der Waals surface area (Å²) in [4.78, 5) is 3.66. The van der Waals surface area contributed by atoms with E-state index in [9.17, 15) is 13.2 Å². The van der Waals surface area contributed by atoms with E-state index in [1.165, 1.54) is 6.07 Å². The molecule has 1 aromatic heterocycles. The largest absolute Gasteiger partial charge is 0.573 e. The summed E-state index contributed by atoms with van der Waals surface area (Å²) in [5.74, 6) is -0.361. The molecule has 0 unspecified atom stereocenters. The summed E-state index contributed by atoms with van der Waals surface area (Å²) < 4.78 is 44.1. The number of halogens is 4. The summed E-state index contributed by atoms with van der Waals surface area (Å²) >= 11 is 5.43. The Morgan fingerprint density at radius 2 is 2.07 bits per heavy atom. The molecule has 1 aromatic carbocycles. The van der Waals surface area contributed by atoms with Crippen LogP contribution in [-0.2, 0) is 0 Å². The maximum atomic E-state index is 11.9. The molecule has 2 aromatic rings. The summed E-state index contributed by atoms with van der Waals surface area (Å²) in [5, 5.41) is -0.130. The first-order valence-electron chi connectivity index (χ1n) is 3.76. The second kappa shape index (κ2) is 3.30. The molecule has 2 rings (SSSR count). The van der Waals surface area contributed by atoms with Gasteiger partial charge in [-0.3, -0.25) is 0 Å². The standard InChI is InChI=1S/C8H3ClF3NO2/c9-7-13-5-3-4(15-8(10,11)12)1-2-6(5)14-7/h1-3H. The Kier molecular flexibility index (Phi) is 2.22. The van der Waals surface area contributed by atoms with Gasteiger partial charge < -0.3 is 9.15 Å². The summed E-state index contributed by atoms with van der Waals surface area (Å²) in [6, 6.07) is 3.52. The van der Waals surface area contributed by atoms with Gasteiger partial charge in [0.2, 0.25) is 0 Å². The van der Waals surface area contributed by atoms with E-state index in [2.05, 4.69) is 9.72 Å². The predicted octanol–water partition coefficient (Wildman–Crippen LogP) is 3.38. The van der Waals surface area contributed by atoms with Crippen LogP contribution in [0.4, 0.5) is 13.2 Å². The van der Waals surface area contributed by atoms with E-state index in [1.807, 2.05) is 0 Å². The van der Waals surface area contributed by atoms with Gasteiger partial charge in [0.1, 0.15) is 11.3 Å². The van der Waals surface area contributed by atoms with Crippen LogP contribution in [0.15, 0.2) is 22.6 Å². The Morgan fingerprint density at radius 3 is 2.73 bits per heavy atom. The van der Waals surface area contributed by atoms with Crippen molar-refractivity contribution in [3.05, 3.63) is 23.5 Å². The van der Waals surface area contributed by atoms with E-state index in [4.69, 9.17) is 16.0 Å². The van der Waals surface area contributed by atoms with Crippen LogP contribution in [0.1, 0.15) is 0 Å². The molecule has 0 saturated carbocycles. The average molecular weight is 238 g/mol. The van der Waals surface area contributed by atoms with Gasteiger partial charge in [0, 0.05) is 6.07 Å². The first-order chi connectivity index (χ1) is 6.94. The van der Waals surface area contributed by atoms with Gasteiger partial charge in [-0.05, 0) is 23.7 Å². The van der Waals surface area contributed by atoms with Crippen molar-refractivity contribution in [2.24, 2.45) is 0 Å². The number of ether oxygens (including phenoxy) is 1. The molecule has 0 aliphatic carbocycles. The second-order valence-corrected chi connectivity index (χ2v) is 2.97. The number of oxazole rings is 1. The summed E-state index contributed by atoms with van der Waals surface area (Å²) in [6.07, 6.45) is -4.72. The Hall–Kier alpha value is -1.43. The number of fused-ring (bicyclic) bond motifs is 1. The molecule has 0 aliphatic heterocycles. The normalized spacial score (nSPS) is 12.0. The van der Waals surface area contributed by atoms with E-state index in [0.29, 0.717) is 5.58 Å². The molecule has 0 aliphatic rings. The minimum absolute atomic E-state index is 0.130. The molecular formula is C8H3ClF3NO2. The quantitative estimate of drug-likeness (QED) is 0.763. The summed E-state index contributed by atoms with van der Waals surface area (Å²) in [6.45, 7) is 0. The maximum Gasteiger partial charge on any atom is 0.573 e. The number of benzene rings is 1. The first kappa shape index (κ1) is 10.1. The van der Waals surface area contributed by atoms with Gasteiger partial charge in [0.05, 0.1) is 0 Å². The SMILES string of the molecule is FC(F)(F)Oc1ccc2oc(Cl)nc2c1. The summed E-state index contributed by atoms with van der Waals surface area (Å²) in [5.41, 5.74) is 0.510. The molecule has 0 atom stereocenters. The van der Waals surface area contributed by atoms with Gasteiger partial charge in [-0.25, -0.2) is 0 Å². The average Bonchev–Trinajstić information content (AvgIpc) is 2.40. The molecule has 80 valence electrons. The highest BCUT2D eigenvalue weighted by Gasteiger charge is 2.31. The number of hydrogen-bond acceptors (Lipinski definition) is 3. The number of alkyl halides is 3. The topological polar surface area (TPSA) is 35.3 Å². The zero-order valence-electron chi connectivity index (χ0n) is 7.01. The molecule has 3 nitrogen and oxygen atoms in total. The molecule has 0 radical (unpaired) electrons. The first-order valence-corrected chi connectivity index (χ1v) is 4.14. The van der Waals surface area contributed by atoms with E-state index in [1.54, 1.807) is 0 Å². The van der Waals surface area contributed by atoms with Crippen LogP contribution in [0.25, 0.3) is 11.1 Å². The van der Waals surface area contributed by atoms with Crippen molar-refractivity contribution in [3.63, 3.8) is 0 Å².